The third kappa shape index (κ3) is 3.16. The van der Waals surface area contributed by atoms with Crippen LogP contribution in [0.3, 0.4) is 0 Å². The summed E-state index contributed by atoms with van der Waals surface area (Å²) in [7, 11) is 0. The van der Waals surface area contributed by atoms with Crippen molar-refractivity contribution in [3.05, 3.63) is 59.2 Å². The number of carbonyl (C=O) groups is 1. The molecule has 0 radical (unpaired) electrons. The fraction of sp³-hybridized carbons (Fsp3) is 0.0714. The summed E-state index contributed by atoms with van der Waals surface area (Å²) >= 11 is 4.75. The normalized spacial score (nSPS) is 10.1. The average Bonchev–Trinajstić information content (AvgIpc) is 2.41. The maximum atomic E-state index is 13.4. The molecule has 1 heterocycles. The molecule has 0 aliphatic carbocycles. The van der Waals surface area contributed by atoms with Crippen LogP contribution in [0.15, 0.2) is 36.5 Å². The molecule has 0 aliphatic rings. The van der Waals surface area contributed by atoms with Crippen molar-refractivity contribution in [1.29, 1.82) is 0 Å². The van der Waals surface area contributed by atoms with E-state index < -0.39 is 5.82 Å². The maximum absolute atomic E-state index is 13.4. The van der Waals surface area contributed by atoms with Crippen LogP contribution in [0.25, 0.3) is 0 Å². The van der Waals surface area contributed by atoms with Gasteiger partial charge < -0.3 is 11.1 Å². The SMILES string of the molecule is Cc1ccc(C(=O)Nc2ccc(F)c(C(N)=S)c2)cn1. The lowest BCUT2D eigenvalue weighted by Gasteiger charge is -2.08. The number of nitrogens with two attached hydrogens (primary N) is 1. The van der Waals surface area contributed by atoms with Crippen LogP contribution in [0.5, 0.6) is 0 Å². The van der Waals surface area contributed by atoms with Gasteiger partial charge in [0.1, 0.15) is 10.8 Å². The second kappa shape index (κ2) is 5.75. The topological polar surface area (TPSA) is 68.0 Å². The molecule has 3 N–H and O–H groups in total. The number of pyridine rings is 1. The van der Waals surface area contributed by atoms with Gasteiger partial charge in [-0.3, -0.25) is 9.78 Å². The zero-order valence-corrected chi connectivity index (χ0v) is 11.5. The van der Waals surface area contributed by atoms with Crippen molar-refractivity contribution in [2.24, 2.45) is 5.73 Å². The molecule has 0 atom stereocenters. The molecule has 0 unspecified atom stereocenters. The second-order valence-corrected chi connectivity index (χ2v) is 4.64. The largest absolute Gasteiger partial charge is 0.389 e. The number of nitrogens with zero attached hydrogens (tertiary/aromatic N) is 1. The smallest absolute Gasteiger partial charge is 0.257 e. The van der Waals surface area contributed by atoms with Crippen LogP contribution >= 0.6 is 12.2 Å². The van der Waals surface area contributed by atoms with Crippen molar-refractivity contribution >= 4 is 28.8 Å². The average molecular weight is 289 g/mol. The van der Waals surface area contributed by atoms with Gasteiger partial charge in [-0.15, -0.1) is 0 Å². The molecule has 0 fully saturated rings. The summed E-state index contributed by atoms with van der Waals surface area (Å²) < 4.78 is 13.4. The number of halogens is 1. The molecule has 1 aromatic carbocycles. The Hall–Kier alpha value is -2.34. The van der Waals surface area contributed by atoms with Crippen LogP contribution in [-0.2, 0) is 0 Å². The van der Waals surface area contributed by atoms with Gasteiger partial charge in [0, 0.05) is 23.1 Å². The third-order valence-corrected chi connectivity index (χ3v) is 2.88. The molecule has 1 aromatic heterocycles. The first kappa shape index (κ1) is 14.1. The third-order valence-electron chi connectivity index (χ3n) is 2.66. The van der Waals surface area contributed by atoms with Gasteiger partial charge in [0.05, 0.1) is 5.56 Å². The lowest BCUT2D eigenvalue weighted by atomic mass is 10.1. The molecule has 2 rings (SSSR count). The van der Waals surface area contributed by atoms with Gasteiger partial charge in [-0.2, -0.15) is 0 Å². The van der Waals surface area contributed by atoms with Gasteiger partial charge >= 0.3 is 0 Å². The highest BCUT2D eigenvalue weighted by Crippen LogP contribution is 2.15. The molecule has 4 nitrogen and oxygen atoms in total. The van der Waals surface area contributed by atoms with Crippen molar-refractivity contribution < 1.29 is 9.18 Å². The van der Waals surface area contributed by atoms with Crippen LogP contribution in [0, 0.1) is 12.7 Å². The van der Waals surface area contributed by atoms with Crippen molar-refractivity contribution in [3.8, 4) is 0 Å². The van der Waals surface area contributed by atoms with Gasteiger partial charge in [0.2, 0.25) is 0 Å². The minimum Gasteiger partial charge on any atom is -0.389 e. The highest BCUT2D eigenvalue weighted by Gasteiger charge is 2.10. The van der Waals surface area contributed by atoms with Gasteiger partial charge in [-0.1, -0.05) is 12.2 Å². The van der Waals surface area contributed by atoms with E-state index in [-0.39, 0.29) is 16.5 Å². The van der Waals surface area contributed by atoms with Crippen molar-refractivity contribution in [2.45, 2.75) is 6.92 Å². The van der Waals surface area contributed by atoms with Crippen molar-refractivity contribution in [2.75, 3.05) is 5.32 Å². The number of rotatable bonds is 3. The fourth-order valence-electron chi connectivity index (χ4n) is 1.60. The number of aryl methyl sites for hydroxylation is 1. The Morgan fingerprint density at radius 2 is 2.10 bits per heavy atom. The van der Waals surface area contributed by atoms with Crippen molar-refractivity contribution in [3.63, 3.8) is 0 Å². The summed E-state index contributed by atoms with van der Waals surface area (Å²) in [6.07, 6.45) is 1.47. The first-order valence-corrected chi connectivity index (χ1v) is 6.21. The monoisotopic (exact) mass is 289 g/mol. The molecule has 102 valence electrons. The molecular weight excluding hydrogens is 277 g/mol. The van der Waals surface area contributed by atoms with Gasteiger partial charge in [0.25, 0.3) is 5.91 Å². The van der Waals surface area contributed by atoms with Crippen LogP contribution in [0.1, 0.15) is 21.6 Å². The molecule has 2 aromatic rings. The van der Waals surface area contributed by atoms with Gasteiger partial charge in [-0.05, 0) is 37.3 Å². The Kier molecular flexibility index (Phi) is 4.05. The van der Waals surface area contributed by atoms with E-state index in [2.05, 4.69) is 10.3 Å². The Labute approximate surface area is 120 Å². The number of anilines is 1. The number of aromatic nitrogens is 1. The molecular formula is C14H12FN3OS. The molecule has 0 saturated heterocycles. The zero-order valence-electron chi connectivity index (χ0n) is 10.7. The second-order valence-electron chi connectivity index (χ2n) is 4.20. The van der Waals surface area contributed by atoms with Crippen molar-refractivity contribution in [1.82, 2.24) is 4.98 Å². The first-order chi connectivity index (χ1) is 9.47. The number of hydrogen-bond donors (Lipinski definition) is 2. The molecule has 20 heavy (non-hydrogen) atoms. The standard InChI is InChI=1S/C14H12FN3OS/c1-8-2-3-9(7-17-8)14(19)18-10-4-5-12(15)11(6-10)13(16)20/h2-7H,1H3,(H2,16,20)(H,18,19). The van der Waals surface area contributed by atoms with Gasteiger partial charge in [0.15, 0.2) is 0 Å². The summed E-state index contributed by atoms with van der Waals surface area (Å²) in [6.45, 7) is 1.83. The minimum atomic E-state index is -0.521. The molecule has 0 bridgehead atoms. The summed E-state index contributed by atoms with van der Waals surface area (Å²) in [6, 6.07) is 7.45. The fourth-order valence-corrected chi connectivity index (χ4v) is 1.75. The summed E-state index contributed by atoms with van der Waals surface area (Å²) in [5.74, 6) is -0.856. The minimum absolute atomic E-state index is 0.0596. The van der Waals surface area contributed by atoms with Crippen LogP contribution in [-0.4, -0.2) is 15.9 Å². The first-order valence-electron chi connectivity index (χ1n) is 5.81. The number of benzene rings is 1. The lowest BCUT2D eigenvalue weighted by molar-refractivity contribution is 0.102. The molecule has 0 spiro atoms. The maximum Gasteiger partial charge on any atom is 0.257 e. The quantitative estimate of drug-likeness (QED) is 0.852. The number of nitrogens with one attached hydrogen (secondary N) is 1. The number of amides is 1. The highest BCUT2D eigenvalue weighted by molar-refractivity contribution is 7.80. The Morgan fingerprint density at radius 1 is 1.35 bits per heavy atom. The van der Waals surface area contributed by atoms with Gasteiger partial charge in [-0.25, -0.2) is 4.39 Å². The Morgan fingerprint density at radius 3 is 2.70 bits per heavy atom. The van der Waals surface area contributed by atoms with E-state index >= 15 is 0 Å². The lowest BCUT2D eigenvalue weighted by Crippen LogP contribution is -2.15. The predicted molar refractivity (Wildman–Crippen MR) is 79.2 cm³/mol. The van der Waals surface area contributed by atoms with Crippen LogP contribution in [0.4, 0.5) is 10.1 Å². The molecule has 0 aliphatic heterocycles. The molecule has 0 saturated carbocycles. The van der Waals surface area contributed by atoms with E-state index in [4.69, 9.17) is 18.0 Å². The summed E-state index contributed by atoms with van der Waals surface area (Å²) in [5.41, 5.74) is 7.16. The summed E-state index contributed by atoms with van der Waals surface area (Å²) in [4.78, 5) is 16.0. The number of thiocarbonyl (C=S) groups is 1. The van der Waals surface area contributed by atoms with E-state index in [9.17, 15) is 9.18 Å². The number of hydrogen-bond acceptors (Lipinski definition) is 3. The Balaban J connectivity index is 2.21. The van der Waals surface area contributed by atoms with Crippen LogP contribution < -0.4 is 11.1 Å². The molecule has 1 amide bonds. The zero-order chi connectivity index (χ0) is 14.7. The van der Waals surface area contributed by atoms with Crippen LogP contribution in [0.2, 0.25) is 0 Å². The Bertz CT molecular complexity index is 671. The van der Waals surface area contributed by atoms with E-state index in [0.717, 1.165) is 5.69 Å². The van der Waals surface area contributed by atoms with E-state index in [1.54, 1.807) is 12.1 Å². The number of carbonyl (C=O) groups excluding carboxylic acids is 1. The predicted octanol–water partition coefficient (Wildman–Crippen LogP) is 2.42. The summed E-state index contributed by atoms with van der Waals surface area (Å²) in [5, 5.41) is 2.64. The van der Waals surface area contributed by atoms with E-state index in [1.165, 1.54) is 24.4 Å². The van der Waals surface area contributed by atoms with E-state index in [0.29, 0.717) is 11.3 Å². The van der Waals surface area contributed by atoms with E-state index in [1.807, 2.05) is 6.92 Å². The molecule has 6 heteroatoms. The highest BCUT2D eigenvalue weighted by atomic mass is 32.1.